The molecule has 0 saturated carbocycles. The first-order chi connectivity index (χ1) is 9.04. The molecule has 0 aliphatic carbocycles. The van der Waals surface area contributed by atoms with E-state index in [-0.39, 0.29) is 0 Å². The number of rotatable bonds is 1. The molecule has 0 amide bonds. The van der Waals surface area contributed by atoms with E-state index in [4.69, 9.17) is 0 Å². The largest absolute Gasteiger partial charge is 0.416 e. The van der Waals surface area contributed by atoms with Gasteiger partial charge in [-0.2, -0.15) is 13.2 Å². The molecule has 1 aromatic heterocycles. The number of pyridine rings is 1. The maximum atomic E-state index is 12.7. The first-order valence-corrected chi connectivity index (χ1v) is 6.55. The van der Waals surface area contributed by atoms with Crippen molar-refractivity contribution in [1.29, 1.82) is 0 Å². The molecule has 19 heavy (non-hydrogen) atoms. The van der Waals surface area contributed by atoms with E-state index in [1.54, 1.807) is 0 Å². The lowest BCUT2D eigenvalue weighted by Gasteiger charge is -2.35. The Kier molecular flexibility index (Phi) is 3.12. The van der Waals surface area contributed by atoms with E-state index < -0.39 is 11.7 Å². The Morgan fingerprint density at radius 1 is 1.32 bits per heavy atom. The van der Waals surface area contributed by atoms with E-state index >= 15 is 0 Å². The smallest absolute Gasteiger partial charge is 0.356 e. The van der Waals surface area contributed by atoms with E-state index in [1.165, 1.54) is 6.20 Å². The van der Waals surface area contributed by atoms with Crippen LogP contribution in [0.3, 0.4) is 0 Å². The summed E-state index contributed by atoms with van der Waals surface area (Å²) in [5, 5.41) is 3.44. The lowest BCUT2D eigenvalue weighted by Crippen LogP contribution is -2.44. The third kappa shape index (κ3) is 2.54. The third-order valence-corrected chi connectivity index (χ3v) is 4.05. The summed E-state index contributed by atoms with van der Waals surface area (Å²) in [5.74, 6) is 0.977. The number of alkyl halides is 3. The molecule has 0 spiro atoms. The standard InChI is InChI=1S/C13H16F3N3/c14-13(15,16)10-2-5-18-12(7-10)19-6-3-11-9(8-19)1-4-17-11/h2,5,7,9,11,17H,1,3-4,6,8H2. The van der Waals surface area contributed by atoms with Crippen LogP contribution < -0.4 is 10.2 Å². The number of fused-ring (bicyclic) bond motifs is 1. The molecule has 0 bridgehead atoms. The topological polar surface area (TPSA) is 28.2 Å². The second-order valence-corrected chi connectivity index (χ2v) is 5.24. The zero-order valence-corrected chi connectivity index (χ0v) is 10.5. The molecule has 3 heterocycles. The van der Waals surface area contributed by atoms with Gasteiger partial charge in [-0.25, -0.2) is 4.98 Å². The van der Waals surface area contributed by atoms with Crippen LogP contribution in [0, 0.1) is 5.92 Å². The van der Waals surface area contributed by atoms with Crippen molar-refractivity contribution in [1.82, 2.24) is 10.3 Å². The average molecular weight is 271 g/mol. The van der Waals surface area contributed by atoms with Gasteiger partial charge in [0.25, 0.3) is 0 Å². The monoisotopic (exact) mass is 271 g/mol. The number of nitrogens with one attached hydrogen (secondary N) is 1. The lowest BCUT2D eigenvalue weighted by molar-refractivity contribution is -0.137. The number of anilines is 1. The van der Waals surface area contributed by atoms with E-state index in [0.29, 0.717) is 17.8 Å². The van der Waals surface area contributed by atoms with Crippen molar-refractivity contribution in [2.45, 2.75) is 25.1 Å². The maximum absolute atomic E-state index is 12.7. The number of halogens is 3. The summed E-state index contributed by atoms with van der Waals surface area (Å²) in [4.78, 5) is 6.07. The Bertz CT molecular complexity index is 461. The predicted octanol–water partition coefficient (Wildman–Crippen LogP) is 2.29. The van der Waals surface area contributed by atoms with E-state index in [0.717, 1.165) is 44.6 Å². The highest BCUT2D eigenvalue weighted by atomic mass is 19.4. The number of aromatic nitrogens is 1. The van der Waals surface area contributed by atoms with Crippen molar-refractivity contribution < 1.29 is 13.2 Å². The second kappa shape index (κ2) is 4.67. The summed E-state index contributed by atoms with van der Waals surface area (Å²) < 4.78 is 38.1. The lowest BCUT2D eigenvalue weighted by atomic mass is 9.93. The van der Waals surface area contributed by atoms with Crippen LogP contribution in [0.4, 0.5) is 19.0 Å². The summed E-state index contributed by atoms with van der Waals surface area (Å²) in [6.07, 6.45) is -0.981. The molecule has 104 valence electrons. The fourth-order valence-electron chi connectivity index (χ4n) is 3.02. The molecule has 3 nitrogen and oxygen atoms in total. The normalized spacial score (nSPS) is 27.4. The second-order valence-electron chi connectivity index (χ2n) is 5.24. The first kappa shape index (κ1) is 12.7. The summed E-state index contributed by atoms with van der Waals surface area (Å²) in [5.41, 5.74) is -0.621. The fourth-order valence-corrected chi connectivity index (χ4v) is 3.02. The van der Waals surface area contributed by atoms with Crippen LogP contribution in [0.2, 0.25) is 0 Å². The molecule has 1 N–H and O–H groups in total. The van der Waals surface area contributed by atoms with Crippen LogP contribution in [-0.2, 0) is 6.18 Å². The zero-order chi connectivity index (χ0) is 13.5. The van der Waals surface area contributed by atoms with Gasteiger partial charge in [-0.3, -0.25) is 0 Å². The summed E-state index contributed by atoms with van der Waals surface area (Å²) in [6, 6.07) is 2.71. The Balaban J connectivity index is 1.79. The highest BCUT2D eigenvalue weighted by Crippen LogP contribution is 2.32. The SMILES string of the molecule is FC(F)(F)c1ccnc(N2CCC3NCCC3C2)c1. The molecular weight excluding hydrogens is 255 g/mol. The molecule has 3 rings (SSSR count). The van der Waals surface area contributed by atoms with Crippen LogP contribution in [0.5, 0.6) is 0 Å². The number of nitrogens with zero attached hydrogens (tertiary/aromatic N) is 2. The van der Waals surface area contributed by atoms with Crippen molar-refractivity contribution >= 4 is 5.82 Å². The van der Waals surface area contributed by atoms with Crippen LogP contribution in [0.25, 0.3) is 0 Å². The van der Waals surface area contributed by atoms with Gasteiger partial charge in [-0.15, -0.1) is 0 Å². The molecule has 0 radical (unpaired) electrons. The van der Waals surface area contributed by atoms with Gasteiger partial charge in [0.05, 0.1) is 5.56 Å². The predicted molar refractivity (Wildman–Crippen MR) is 66.0 cm³/mol. The third-order valence-electron chi connectivity index (χ3n) is 4.05. The zero-order valence-electron chi connectivity index (χ0n) is 10.5. The Labute approximate surface area is 109 Å². The molecule has 6 heteroatoms. The molecule has 2 unspecified atom stereocenters. The summed E-state index contributed by atoms with van der Waals surface area (Å²) in [6.45, 7) is 2.58. The van der Waals surface area contributed by atoms with Gasteiger partial charge in [0, 0.05) is 25.3 Å². The van der Waals surface area contributed by atoms with Gasteiger partial charge in [-0.1, -0.05) is 0 Å². The number of piperidine rings is 1. The van der Waals surface area contributed by atoms with Crippen molar-refractivity contribution in [3.63, 3.8) is 0 Å². The highest BCUT2D eigenvalue weighted by Gasteiger charge is 2.35. The van der Waals surface area contributed by atoms with Crippen molar-refractivity contribution in [2.75, 3.05) is 24.5 Å². The van der Waals surface area contributed by atoms with Gasteiger partial charge in [0.15, 0.2) is 0 Å². The minimum atomic E-state index is -4.30. The van der Waals surface area contributed by atoms with Crippen LogP contribution in [0.1, 0.15) is 18.4 Å². The van der Waals surface area contributed by atoms with E-state index in [9.17, 15) is 13.2 Å². The number of hydrogen-bond acceptors (Lipinski definition) is 3. The minimum absolute atomic E-state index is 0.445. The Hall–Kier alpha value is -1.30. The minimum Gasteiger partial charge on any atom is -0.356 e. The first-order valence-electron chi connectivity index (χ1n) is 6.55. The molecule has 1 aromatic rings. The summed E-state index contributed by atoms with van der Waals surface area (Å²) >= 11 is 0. The average Bonchev–Trinajstić information content (AvgIpc) is 2.85. The van der Waals surface area contributed by atoms with Gasteiger partial charge >= 0.3 is 6.18 Å². The Morgan fingerprint density at radius 2 is 2.16 bits per heavy atom. The van der Waals surface area contributed by atoms with Gasteiger partial charge < -0.3 is 10.2 Å². The van der Waals surface area contributed by atoms with Gasteiger partial charge in [0.1, 0.15) is 5.82 Å². The molecular formula is C13H16F3N3. The van der Waals surface area contributed by atoms with Crippen molar-refractivity contribution in [2.24, 2.45) is 5.92 Å². The molecule has 2 aliphatic rings. The summed E-state index contributed by atoms with van der Waals surface area (Å²) in [7, 11) is 0. The highest BCUT2D eigenvalue weighted by molar-refractivity contribution is 5.42. The van der Waals surface area contributed by atoms with Crippen LogP contribution in [-0.4, -0.2) is 30.7 Å². The van der Waals surface area contributed by atoms with Crippen molar-refractivity contribution in [3.05, 3.63) is 23.9 Å². The fraction of sp³-hybridized carbons (Fsp3) is 0.615. The van der Waals surface area contributed by atoms with Crippen LogP contribution in [0.15, 0.2) is 18.3 Å². The van der Waals surface area contributed by atoms with Gasteiger partial charge in [-0.05, 0) is 37.4 Å². The molecule has 2 atom stereocenters. The molecule has 2 saturated heterocycles. The van der Waals surface area contributed by atoms with E-state index in [2.05, 4.69) is 10.3 Å². The Morgan fingerprint density at radius 3 is 2.95 bits per heavy atom. The maximum Gasteiger partial charge on any atom is 0.416 e. The van der Waals surface area contributed by atoms with Crippen molar-refractivity contribution in [3.8, 4) is 0 Å². The van der Waals surface area contributed by atoms with Gasteiger partial charge in [0.2, 0.25) is 0 Å². The number of hydrogen-bond donors (Lipinski definition) is 1. The van der Waals surface area contributed by atoms with E-state index in [1.807, 2.05) is 4.90 Å². The quantitative estimate of drug-likeness (QED) is 0.849. The molecule has 2 fully saturated rings. The molecule has 2 aliphatic heterocycles. The molecule has 0 aromatic carbocycles. The van der Waals surface area contributed by atoms with Crippen LogP contribution >= 0.6 is 0 Å².